The molecule has 5 rings (SSSR count). The van der Waals surface area contributed by atoms with Gasteiger partial charge in [-0.2, -0.15) is 0 Å². The third-order valence-corrected chi connectivity index (χ3v) is 6.09. The van der Waals surface area contributed by atoms with E-state index in [1.807, 2.05) is 30.3 Å². The normalized spacial score (nSPS) is 14.8. The van der Waals surface area contributed by atoms with Crippen molar-refractivity contribution >= 4 is 16.5 Å². The van der Waals surface area contributed by atoms with Gasteiger partial charge in [-0.3, -0.25) is 4.90 Å². The molecule has 1 aliphatic heterocycles. The van der Waals surface area contributed by atoms with E-state index in [2.05, 4.69) is 50.6 Å². The first-order valence-corrected chi connectivity index (χ1v) is 11.1. The molecule has 6 heteroatoms. The Morgan fingerprint density at radius 1 is 0.906 bits per heavy atom. The van der Waals surface area contributed by atoms with Crippen LogP contribution in [0.15, 0.2) is 77.3 Å². The fraction of sp³-hybridized carbons (Fsp3) is 0.269. The molecular formula is C26H27FN4O. The summed E-state index contributed by atoms with van der Waals surface area (Å²) in [5.74, 6) is 0.656. The van der Waals surface area contributed by atoms with Crippen molar-refractivity contribution in [3.63, 3.8) is 0 Å². The maximum atomic E-state index is 13.1. The van der Waals surface area contributed by atoms with Gasteiger partial charge in [-0.15, -0.1) is 0 Å². The van der Waals surface area contributed by atoms with Crippen molar-refractivity contribution < 1.29 is 8.91 Å². The predicted octanol–water partition coefficient (Wildman–Crippen LogP) is 4.55. The molecule has 4 aromatic rings. The number of hydrogen-bond donors (Lipinski definition) is 1. The van der Waals surface area contributed by atoms with Gasteiger partial charge in [-0.05, 0) is 35.0 Å². The lowest BCUT2D eigenvalue weighted by atomic mass is 10.0. The van der Waals surface area contributed by atoms with Gasteiger partial charge in [-0.25, -0.2) is 4.39 Å². The van der Waals surface area contributed by atoms with E-state index in [1.54, 1.807) is 0 Å². The lowest BCUT2D eigenvalue weighted by Crippen LogP contribution is -2.48. The van der Waals surface area contributed by atoms with Crippen LogP contribution < -0.4 is 10.2 Å². The van der Waals surface area contributed by atoms with Crippen LogP contribution in [0.4, 0.5) is 10.1 Å². The van der Waals surface area contributed by atoms with Gasteiger partial charge >= 0.3 is 0 Å². The number of hydrogen-bond acceptors (Lipinski definition) is 5. The molecule has 1 aliphatic rings. The Morgan fingerprint density at radius 3 is 2.53 bits per heavy atom. The topological polar surface area (TPSA) is 44.5 Å². The molecule has 0 spiro atoms. The van der Waals surface area contributed by atoms with Crippen molar-refractivity contribution in [2.24, 2.45) is 0 Å². The Morgan fingerprint density at radius 2 is 1.69 bits per heavy atom. The lowest BCUT2D eigenvalue weighted by Gasteiger charge is -2.36. The molecular weight excluding hydrogens is 403 g/mol. The summed E-state index contributed by atoms with van der Waals surface area (Å²) in [6, 6.07) is 23.4. The molecule has 0 radical (unpaired) electrons. The number of benzene rings is 3. The van der Waals surface area contributed by atoms with E-state index in [-0.39, 0.29) is 5.82 Å². The summed E-state index contributed by atoms with van der Waals surface area (Å²) in [5, 5.41) is 10.1. The van der Waals surface area contributed by atoms with Crippen molar-refractivity contribution in [2.75, 3.05) is 44.2 Å². The lowest BCUT2D eigenvalue weighted by molar-refractivity contribution is 0.255. The van der Waals surface area contributed by atoms with Gasteiger partial charge in [0.05, 0.1) is 6.54 Å². The zero-order valence-corrected chi connectivity index (χ0v) is 18.0. The molecule has 2 heterocycles. The Labute approximate surface area is 187 Å². The molecule has 0 bridgehead atoms. The van der Waals surface area contributed by atoms with E-state index in [1.165, 1.54) is 22.9 Å². The van der Waals surface area contributed by atoms with Gasteiger partial charge in [0.1, 0.15) is 11.5 Å². The fourth-order valence-corrected chi connectivity index (χ4v) is 4.30. The van der Waals surface area contributed by atoms with E-state index in [4.69, 9.17) is 4.52 Å². The van der Waals surface area contributed by atoms with Crippen molar-refractivity contribution in [2.45, 2.75) is 6.54 Å². The highest BCUT2D eigenvalue weighted by Gasteiger charge is 2.17. The Hall–Kier alpha value is -3.22. The van der Waals surface area contributed by atoms with E-state index < -0.39 is 0 Å². The zero-order chi connectivity index (χ0) is 21.8. The molecule has 32 heavy (non-hydrogen) atoms. The summed E-state index contributed by atoms with van der Waals surface area (Å²) in [6.07, 6.45) is 0. The minimum atomic E-state index is -0.186. The molecule has 0 unspecified atom stereocenters. The first-order valence-electron chi connectivity index (χ1n) is 11.1. The summed E-state index contributed by atoms with van der Waals surface area (Å²) in [5.41, 5.74) is 3.06. The third kappa shape index (κ3) is 4.66. The van der Waals surface area contributed by atoms with Crippen LogP contribution in [0.3, 0.4) is 0 Å². The van der Waals surface area contributed by atoms with Crippen LogP contribution in [-0.2, 0) is 6.54 Å². The van der Waals surface area contributed by atoms with Crippen LogP contribution in [0.1, 0.15) is 5.76 Å². The fourth-order valence-electron chi connectivity index (χ4n) is 4.30. The highest BCUT2D eigenvalue weighted by atomic mass is 19.1. The number of aromatic nitrogens is 1. The van der Waals surface area contributed by atoms with E-state index in [0.29, 0.717) is 6.54 Å². The largest absolute Gasteiger partial charge is 0.369 e. The Kier molecular flexibility index (Phi) is 6.14. The average molecular weight is 431 g/mol. The van der Waals surface area contributed by atoms with Gasteiger partial charge in [-0.1, -0.05) is 47.6 Å². The summed E-state index contributed by atoms with van der Waals surface area (Å²) in [6.45, 7) is 6.47. The number of halogens is 1. The number of fused-ring (bicyclic) bond motifs is 1. The minimum Gasteiger partial charge on any atom is -0.369 e. The smallest absolute Gasteiger partial charge is 0.151 e. The van der Waals surface area contributed by atoms with Crippen molar-refractivity contribution in [1.29, 1.82) is 0 Å². The molecule has 0 atom stereocenters. The molecule has 0 saturated carbocycles. The van der Waals surface area contributed by atoms with Crippen LogP contribution in [0.2, 0.25) is 0 Å². The quantitative estimate of drug-likeness (QED) is 0.436. The van der Waals surface area contributed by atoms with E-state index in [9.17, 15) is 4.39 Å². The molecule has 3 aromatic carbocycles. The number of rotatable bonds is 7. The van der Waals surface area contributed by atoms with Gasteiger partial charge in [0, 0.05) is 56.6 Å². The third-order valence-electron chi connectivity index (χ3n) is 6.09. The summed E-state index contributed by atoms with van der Waals surface area (Å²) >= 11 is 0. The van der Waals surface area contributed by atoms with Crippen molar-refractivity contribution in [3.8, 4) is 11.3 Å². The summed E-state index contributed by atoms with van der Waals surface area (Å²) < 4.78 is 18.7. The van der Waals surface area contributed by atoms with Gasteiger partial charge in [0.25, 0.3) is 0 Å². The van der Waals surface area contributed by atoms with Crippen molar-refractivity contribution in [1.82, 2.24) is 15.4 Å². The number of nitrogens with one attached hydrogen (secondary N) is 1. The Balaban J connectivity index is 1.09. The Bertz CT molecular complexity index is 1160. The highest BCUT2D eigenvalue weighted by Crippen LogP contribution is 2.28. The maximum absolute atomic E-state index is 13.1. The second-order valence-electron chi connectivity index (χ2n) is 8.19. The first-order chi connectivity index (χ1) is 15.8. The van der Waals surface area contributed by atoms with Gasteiger partial charge in [0.2, 0.25) is 0 Å². The molecule has 0 aliphatic carbocycles. The molecule has 1 N–H and O–H groups in total. The number of anilines is 1. The molecule has 0 amide bonds. The monoisotopic (exact) mass is 430 g/mol. The minimum absolute atomic E-state index is 0.186. The standard InChI is InChI=1S/C26H27FN4O/c27-21-8-10-22(11-9-21)31-16-14-30(15-17-31)13-12-28-19-23-18-26(29-32-23)25-7-3-5-20-4-1-2-6-24(20)25/h1-11,18,28H,12-17,19H2. The number of piperazine rings is 1. The molecule has 1 fully saturated rings. The number of nitrogens with zero attached hydrogens (tertiary/aromatic N) is 3. The molecule has 1 saturated heterocycles. The molecule has 5 nitrogen and oxygen atoms in total. The van der Waals surface area contributed by atoms with E-state index >= 15 is 0 Å². The maximum Gasteiger partial charge on any atom is 0.151 e. The van der Waals surface area contributed by atoms with Crippen LogP contribution in [0.5, 0.6) is 0 Å². The average Bonchev–Trinajstić information content (AvgIpc) is 3.31. The van der Waals surface area contributed by atoms with E-state index in [0.717, 1.165) is 62.0 Å². The SMILES string of the molecule is Fc1ccc(N2CCN(CCNCc3cc(-c4cccc5ccccc45)no3)CC2)cc1. The second-order valence-corrected chi connectivity index (χ2v) is 8.19. The molecule has 1 aromatic heterocycles. The van der Waals surface area contributed by atoms with Crippen LogP contribution in [0, 0.1) is 5.82 Å². The van der Waals surface area contributed by atoms with Gasteiger partial charge < -0.3 is 14.7 Å². The molecule has 164 valence electrons. The van der Waals surface area contributed by atoms with Crippen LogP contribution in [0.25, 0.3) is 22.0 Å². The first kappa shape index (κ1) is 20.7. The van der Waals surface area contributed by atoms with Crippen molar-refractivity contribution in [3.05, 3.63) is 84.4 Å². The second kappa shape index (κ2) is 9.51. The summed E-state index contributed by atoms with van der Waals surface area (Å²) in [7, 11) is 0. The predicted molar refractivity (Wildman–Crippen MR) is 126 cm³/mol. The highest BCUT2D eigenvalue weighted by molar-refractivity contribution is 5.95. The zero-order valence-electron chi connectivity index (χ0n) is 18.0. The summed E-state index contributed by atoms with van der Waals surface area (Å²) in [4.78, 5) is 4.77. The van der Waals surface area contributed by atoms with Gasteiger partial charge in [0.15, 0.2) is 5.76 Å². The van der Waals surface area contributed by atoms with Crippen LogP contribution >= 0.6 is 0 Å². The van der Waals surface area contributed by atoms with Crippen LogP contribution in [-0.4, -0.2) is 49.3 Å².